The van der Waals surface area contributed by atoms with Gasteiger partial charge in [-0.3, -0.25) is 9.13 Å². The molecule has 90 valence electrons. The molecule has 4 heteroatoms. The van der Waals surface area contributed by atoms with Crippen molar-refractivity contribution in [2.24, 2.45) is 0 Å². The first kappa shape index (κ1) is 11.5. The van der Waals surface area contributed by atoms with Crippen LogP contribution in [0.15, 0.2) is 17.2 Å². The lowest BCUT2D eigenvalue weighted by Crippen LogP contribution is -2.29. The highest BCUT2D eigenvalue weighted by molar-refractivity contribution is 4.91. The molecule has 4 nitrogen and oxygen atoms in total. The second-order valence-corrected chi connectivity index (χ2v) is 5.13. The summed E-state index contributed by atoms with van der Waals surface area (Å²) < 4.78 is 8.97. The predicted octanol–water partition coefficient (Wildman–Crippen LogP) is 1.80. The van der Waals surface area contributed by atoms with Crippen LogP contribution in [0.25, 0.3) is 0 Å². The summed E-state index contributed by atoms with van der Waals surface area (Å²) >= 11 is 0. The third-order valence-electron chi connectivity index (χ3n) is 3.32. The Kier molecular flexibility index (Phi) is 2.93. The van der Waals surface area contributed by atoms with Crippen LogP contribution in [-0.2, 0) is 11.3 Å². The van der Waals surface area contributed by atoms with Crippen LogP contribution < -0.4 is 5.69 Å². The number of ether oxygens (including phenoxy) is 1. The molecule has 0 unspecified atom stereocenters. The molecular weight excluding hydrogens is 204 g/mol. The molecule has 0 amide bonds. The second-order valence-electron chi connectivity index (χ2n) is 5.13. The highest BCUT2D eigenvalue weighted by atomic mass is 16.5. The Morgan fingerprint density at radius 1 is 1.44 bits per heavy atom. The molecule has 16 heavy (non-hydrogen) atoms. The zero-order valence-corrected chi connectivity index (χ0v) is 10.3. The number of imidazole rings is 1. The number of rotatable bonds is 5. The van der Waals surface area contributed by atoms with Gasteiger partial charge in [-0.05, 0) is 33.1 Å². The van der Waals surface area contributed by atoms with Gasteiger partial charge in [-0.15, -0.1) is 0 Å². The van der Waals surface area contributed by atoms with Crippen LogP contribution in [0.5, 0.6) is 0 Å². The predicted molar refractivity (Wildman–Crippen MR) is 62.7 cm³/mol. The molecule has 1 aliphatic carbocycles. The van der Waals surface area contributed by atoms with Crippen molar-refractivity contribution in [1.29, 1.82) is 0 Å². The molecule has 1 aromatic heterocycles. The van der Waals surface area contributed by atoms with Gasteiger partial charge in [-0.25, -0.2) is 4.79 Å². The molecule has 0 saturated heterocycles. The van der Waals surface area contributed by atoms with E-state index in [1.54, 1.807) is 11.7 Å². The van der Waals surface area contributed by atoms with Crippen molar-refractivity contribution in [1.82, 2.24) is 9.13 Å². The van der Waals surface area contributed by atoms with E-state index in [4.69, 9.17) is 4.74 Å². The maximum atomic E-state index is 11.9. The molecule has 1 aromatic rings. The van der Waals surface area contributed by atoms with Crippen molar-refractivity contribution >= 4 is 0 Å². The van der Waals surface area contributed by atoms with Crippen LogP contribution in [0, 0.1) is 0 Å². The number of methoxy groups -OCH3 is 1. The van der Waals surface area contributed by atoms with E-state index in [1.165, 1.54) is 0 Å². The van der Waals surface area contributed by atoms with Gasteiger partial charge in [0, 0.05) is 32.1 Å². The van der Waals surface area contributed by atoms with Crippen LogP contribution >= 0.6 is 0 Å². The Hall–Kier alpha value is -1.03. The number of aromatic nitrogens is 2. The van der Waals surface area contributed by atoms with E-state index < -0.39 is 0 Å². The fourth-order valence-electron chi connectivity index (χ4n) is 1.72. The summed E-state index contributed by atoms with van der Waals surface area (Å²) in [6, 6.07) is 0.462. The molecule has 1 fully saturated rings. The van der Waals surface area contributed by atoms with E-state index in [2.05, 4.69) is 0 Å². The van der Waals surface area contributed by atoms with Crippen molar-refractivity contribution in [2.45, 2.75) is 51.3 Å². The monoisotopic (exact) mass is 224 g/mol. The zero-order valence-electron chi connectivity index (χ0n) is 10.3. The normalized spacial score (nSPS) is 16.7. The Bertz CT molecular complexity index is 413. The fourth-order valence-corrected chi connectivity index (χ4v) is 1.72. The minimum atomic E-state index is -0.166. The van der Waals surface area contributed by atoms with Crippen LogP contribution in [-0.4, -0.2) is 21.8 Å². The van der Waals surface area contributed by atoms with Crippen molar-refractivity contribution in [3.8, 4) is 0 Å². The zero-order chi connectivity index (χ0) is 11.8. The largest absolute Gasteiger partial charge is 0.379 e. The molecule has 0 radical (unpaired) electrons. The quantitative estimate of drug-likeness (QED) is 0.764. The topological polar surface area (TPSA) is 36.2 Å². The number of nitrogens with zero attached hydrogens (tertiary/aromatic N) is 2. The molecule has 0 spiro atoms. The maximum Gasteiger partial charge on any atom is 0.328 e. The van der Waals surface area contributed by atoms with Gasteiger partial charge in [-0.2, -0.15) is 0 Å². The average Bonchev–Trinajstić information content (AvgIpc) is 3.02. The molecule has 2 rings (SSSR count). The molecular formula is C12H20N2O2. The van der Waals surface area contributed by atoms with Crippen LogP contribution in [0.2, 0.25) is 0 Å². The third kappa shape index (κ3) is 2.38. The highest BCUT2D eigenvalue weighted by Crippen LogP contribution is 2.33. The number of hydrogen-bond acceptors (Lipinski definition) is 2. The van der Waals surface area contributed by atoms with E-state index in [0.29, 0.717) is 6.04 Å². The van der Waals surface area contributed by atoms with Crippen LogP contribution in [0.4, 0.5) is 0 Å². The summed E-state index contributed by atoms with van der Waals surface area (Å²) in [5, 5.41) is 0. The lowest BCUT2D eigenvalue weighted by molar-refractivity contribution is 0.0118. The summed E-state index contributed by atoms with van der Waals surface area (Å²) in [5.74, 6) is 0. The van der Waals surface area contributed by atoms with Crippen LogP contribution in [0.1, 0.15) is 39.2 Å². The van der Waals surface area contributed by atoms with Crippen molar-refractivity contribution in [2.75, 3.05) is 7.11 Å². The van der Waals surface area contributed by atoms with E-state index in [0.717, 1.165) is 25.8 Å². The van der Waals surface area contributed by atoms with Gasteiger partial charge >= 0.3 is 5.69 Å². The Morgan fingerprint density at radius 3 is 2.69 bits per heavy atom. The molecule has 0 aromatic carbocycles. The lowest BCUT2D eigenvalue weighted by Gasteiger charge is -2.22. The van der Waals surface area contributed by atoms with Gasteiger partial charge in [0.15, 0.2) is 0 Å². The summed E-state index contributed by atoms with van der Waals surface area (Å²) in [4.78, 5) is 11.9. The summed E-state index contributed by atoms with van der Waals surface area (Å²) in [7, 11) is 1.71. The minimum absolute atomic E-state index is 0.120. The van der Waals surface area contributed by atoms with Crippen molar-refractivity contribution < 1.29 is 4.74 Å². The first-order valence-corrected chi connectivity index (χ1v) is 5.86. The Balaban J connectivity index is 2.02. The molecule has 0 bridgehead atoms. The van der Waals surface area contributed by atoms with E-state index in [1.807, 2.05) is 30.8 Å². The third-order valence-corrected chi connectivity index (χ3v) is 3.32. The Morgan fingerprint density at radius 2 is 2.12 bits per heavy atom. The van der Waals surface area contributed by atoms with E-state index in [-0.39, 0.29) is 11.3 Å². The van der Waals surface area contributed by atoms with E-state index in [9.17, 15) is 4.79 Å². The Labute approximate surface area is 95.8 Å². The summed E-state index contributed by atoms with van der Waals surface area (Å²) in [6.45, 7) is 4.80. The minimum Gasteiger partial charge on any atom is -0.379 e. The standard InChI is InChI=1S/C12H20N2O2/c1-12(2,16-3)6-7-13-8-9-14(11(13)15)10-4-5-10/h8-10H,4-7H2,1-3H3. The van der Waals surface area contributed by atoms with Crippen LogP contribution in [0.3, 0.4) is 0 Å². The smallest absolute Gasteiger partial charge is 0.328 e. The summed E-state index contributed by atoms with van der Waals surface area (Å²) in [6.07, 6.45) is 6.92. The average molecular weight is 224 g/mol. The van der Waals surface area contributed by atoms with Crippen molar-refractivity contribution in [3.05, 3.63) is 22.9 Å². The molecule has 0 aliphatic heterocycles. The fraction of sp³-hybridized carbons (Fsp3) is 0.750. The molecule has 0 N–H and O–H groups in total. The molecule has 0 atom stereocenters. The lowest BCUT2D eigenvalue weighted by atomic mass is 10.1. The SMILES string of the molecule is COC(C)(C)CCn1ccn(C2CC2)c1=O. The van der Waals surface area contributed by atoms with Gasteiger partial charge in [0.2, 0.25) is 0 Å². The number of aryl methyl sites for hydroxylation is 1. The van der Waals surface area contributed by atoms with Gasteiger partial charge in [0.05, 0.1) is 5.60 Å². The van der Waals surface area contributed by atoms with Crippen molar-refractivity contribution in [3.63, 3.8) is 0 Å². The van der Waals surface area contributed by atoms with Gasteiger partial charge in [0.1, 0.15) is 0 Å². The van der Waals surface area contributed by atoms with Gasteiger partial charge < -0.3 is 4.74 Å². The molecule has 1 heterocycles. The maximum absolute atomic E-state index is 11.9. The second kappa shape index (κ2) is 4.09. The molecule has 1 aliphatic rings. The molecule has 1 saturated carbocycles. The van der Waals surface area contributed by atoms with Gasteiger partial charge in [-0.1, -0.05) is 0 Å². The van der Waals surface area contributed by atoms with E-state index >= 15 is 0 Å². The first-order chi connectivity index (χ1) is 7.53. The highest BCUT2D eigenvalue weighted by Gasteiger charge is 2.25. The number of hydrogen-bond donors (Lipinski definition) is 0. The first-order valence-electron chi connectivity index (χ1n) is 5.86. The summed E-state index contributed by atoms with van der Waals surface area (Å²) in [5.41, 5.74) is -0.0457. The van der Waals surface area contributed by atoms with Gasteiger partial charge in [0.25, 0.3) is 0 Å².